The van der Waals surface area contributed by atoms with Gasteiger partial charge in [-0.2, -0.15) is 0 Å². The van der Waals surface area contributed by atoms with E-state index in [2.05, 4.69) is 31.0 Å². The van der Waals surface area contributed by atoms with Crippen LogP contribution in [0.5, 0.6) is 5.75 Å². The number of amides is 3. The van der Waals surface area contributed by atoms with Gasteiger partial charge in [-0.25, -0.2) is 4.79 Å². The zero-order valence-electron chi connectivity index (χ0n) is 19.5. The maximum absolute atomic E-state index is 12.5. The number of anilines is 5. The van der Waals surface area contributed by atoms with Crippen molar-refractivity contribution in [2.24, 2.45) is 0 Å². The number of alkyl halides is 3. The number of fused-ring (bicyclic) bond motifs is 1. The molecule has 0 fully saturated rings. The fourth-order valence-corrected chi connectivity index (χ4v) is 3.91. The standard InChI is InChI=1S/C27H20F3N5O3/c28-27(29,30)38-21-8-2-6-19(13-21)34-26(37)33-18-5-1-4-17(12-18)32-20-9-10-22-23(14-16-7-3-11-31-16)25(36)35-24(22)15-20/h1-15,31-32H,(H,35,36)(H2,33,34,37). The number of hydrogen-bond acceptors (Lipinski definition) is 4. The maximum Gasteiger partial charge on any atom is 0.573 e. The van der Waals surface area contributed by atoms with Gasteiger partial charge >= 0.3 is 12.4 Å². The van der Waals surface area contributed by atoms with Crippen molar-refractivity contribution in [3.8, 4) is 5.75 Å². The normalized spacial score (nSPS) is 13.6. The molecule has 4 aromatic rings. The van der Waals surface area contributed by atoms with Crippen molar-refractivity contribution in [1.29, 1.82) is 0 Å². The molecule has 3 aromatic carbocycles. The van der Waals surface area contributed by atoms with Crippen LogP contribution in [0.1, 0.15) is 11.3 Å². The van der Waals surface area contributed by atoms with Gasteiger partial charge in [-0.05, 0) is 60.7 Å². The summed E-state index contributed by atoms with van der Waals surface area (Å²) in [4.78, 5) is 27.9. The molecule has 8 nitrogen and oxygen atoms in total. The minimum absolute atomic E-state index is 0.128. The topological polar surface area (TPSA) is 107 Å². The van der Waals surface area contributed by atoms with Crippen molar-refractivity contribution >= 4 is 52.0 Å². The molecule has 1 aliphatic rings. The third-order valence-electron chi connectivity index (χ3n) is 5.46. The molecule has 1 aromatic heterocycles. The van der Waals surface area contributed by atoms with Crippen LogP contribution in [0.15, 0.2) is 85.1 Å². The van der Waals surface area contributed by atoms with Crippen LogP contribution in [-0.2, 0) is 4.79 Å². The summed E-state index contributed by atoms with van der Waals surface area (Å²) in [6, 6.07) is 20.4. The highest BCUT2D eigenvalue weighted by molar-refractivity contribution is 6.35. The van der Waals surface area contributed by atoms with Crippen LogP contribution in [0, 0.1) is 0 Å². The van der Waals surface area contributed by atoms with Gasteiger partial charge in [-0.15, -0.1) is 13.2 Å². The highest BCUT2D eigenvalue weighted by Gasteiger charge is 2.31. The number of H-pyrrole nitrogens is 1. The van der Waals surface area contributed by atoms with Gasteiger partial charge in [0.1, 0.15) is 5.75 Å². The molecule has 5 N–H and O–H groups in total. The molecule has 0 aliphatic carbocycles. The van der Waals surface area contributed by atoms with Crippen LogP contribution < -0.4 is 26.0 Å². The average Bonchev–Trinajstić information content (AvgIpc) is 3.46. The molecule has 0 atom stereocenters. The summed E-state index contributed by atoms with van der Waals surface area (Å²) >= 11 is 0. The first-order chi connectivity index (χ1) is 18.2. The molecule has 0 spiro atoms. The molecule has 0 saturated heterocycles. The second-order valence-electron chi connectivity index (χ2n) is 8.26. The minimum atomic E-state index is -4.83. The van der Waals surface area contributed by atoms with Gasteiger partial charge < -0.3 is 31.0 Å². The van der Waals surface area contributed by atoms with Gasteiger partial charge in [-0.3, -0.25) is 4.79 Å². The molecule has 3 amide bonds. The molecular weight excluding hydrogens is 499 g/mol. The van der Waals surface area contributed by atoms with Gasteiger partial charge in [0.25, 0.3) is 5.91 Å². The van der Waals surface area contributed by atoms with Crippen molar-refractivity contribution in [3.63, 3.8) is 0 Å². The molecule has 0 bridgehead atoms. The van der Waals surface area contributed by atoms with Gasteiger partial charge in [0.2, 0.25) is 0 Å². The Bertz CT molecular complexity index is 1530. The third-order valence-corrected chi connectivity index (χ3v) is 5.46. The fraction of sp³-hybridized carbons (Fsp3) is 0.0370. The lowest BCUT2D eigenvalue weighted by Gasteiger charge is -2.12. The van der Waals surface area contributed by atoms with Crippen molar-refractivity contribution < 1.29 is 27.5 Å². The van der Waals surface area contributed by atoms with Gasteiger partial charge in [0.05, 0.1) is 11.3 Å². The van der Waals surface area contributed by atoms with Crippen molar-refractivity contribution in [3.05, 3.63) is 96.3 Å². The number of carbonyl (C=O) groups is 2. The Morgan fingerprint density at radius 1 is 0.842 bits per heavy atom. The van der Waals surface area contributed by atoms with Gasteiger partial charge in [-0.1, -0.05) is 18.2 Å². The summed E-state index contributed by atoms with van der Waals surface area (Å²) in [6.07, 6.45) is -1.26. The summed E-state index contributed by atoms with van der Waals surface area (Å²) in [7, 11) is 0. The number of ether oxygens (including phenoxy) is 1. The molecule has 5 rings (SSSR count). The number of aromatic amines is 1. The number of hydrogen-bond donors (Lipinski definition) is 5. The zero-order chi connectivity index (χ0) is 26.7. The molecule has 192 valence electrons. The van der Waals surface area contributed by atoms with Crippen molar-refractivity contribution in [1.82, 2.24) is 4.98 Å². The number of urea groups is 1. The lowest BCUT2D eigenvalue weighted by atomic mass is 10.1. The fourth-order valence-electron chi connectivity index (χ4n) is 3.91. The summed E-state index contributed by atoms with van der Waals surface area (Å²) in [5, 5.41) is 11.2. The van der Waals surface area contributed by atoms with Crippen molar-refractivity contribution in [2.45, 2.75) is 6.36 Å². The van der Waals surface area contributed by atoms with E-state index in [1.54, 1.807) is 36.5 Å². The second-order valence-corrected chi connectivity index (χ2v) is 8.26. The van der Waals surface area contributed by atoms with Crippen molar-refractivity contribution in [2.75, 3.05) is 21.3 Å². The monoisotopic (exact) mass is 519 g/mol. The van der Waals surface area contributed by atoms with Crippen LogP contribution in [0.2, 0.25) is 0 Å². The molecule has 1 aliphatic heterocycles. The number of rotatable bonds is 6. The van der Waals surface area contributed by atoms with E-state index < -0.39 is 18.1 Å². The molecular formula is C27H20F3N5O3. The van der Waals surface area contributed by atoms with E-state index in [1.165, 1.54) is 12.1 Å². The van der Waals surface area contributed by atoms with E-state index in [1.807, 2.05) is 30.3 Å². The first kappa shape index (κ1) is 24.5. The second kappa shape index (κ2) is 10.1. The number of nitrogens with one attached hydrogen (secondary N) is 5. The highest BCUT2D eigenvalue weighted by Crippen LogP contribution is 2.35. The number of aromatic nitrogens is 1. The summed E-state index contributed by atoms with van der Waals surface area (Å²) in [5.74, 6) is -0.640. The van der Waals surface area contributed by atoms with E-state index in [4.69, 9.17) is 0 Å². The Labute approximate surface area is 214 Å². The molecule has 11 heteroatoms. The lowest BCUT2D eigenvalue weighted by molar-refractivity contribution is -0.274. The Morgan fingerprint density at radius 3 is 2.29 bits per heavy atom. The molecule has 0 saturated carbocycles. The van der Waals surface area contributed by atoms with E-state index >= 15 is 0 Å². The lowest BCUT2D eigenvalue weighted by Crippen LogP contribution is -2.20. The minimum Gasteiger partial charge on any atom is -0.406 e. The summed E-state index contributed by atoms with van der Waals surface area (Å²) < 4.78 is 41.2. The van der Waals surface area contributed by atoms with Gasteiger partial charge in [0.15, 0.2) is 0 Å². The first-order valence-electron chi connectivity index (χ1n) is 11.3. The zero-order valence-corrected chi connectivity index (χ0v) is 19.5. The predicted octanol–water partition coefficient (Wildman–Crippen LogP) is 6.79. The van der Waals surface area contributed by atoms with Crippen LogP contribution >= 0.6 is 0 Å². The molecule has 2 heterocycles. The van der Waals surface area contributed by atoms with E-state index in [-0.39, 0.29) is 11.6 Å². The van der Waals surface area contributed by atoms with E-state index in [0.29, 0.717) is 28.3 Å². The maximum atomic E-state index is 12.5. The van der Waals surface area contributed by atoms with E-state index in [0.717, 1.165) is 23.4 Å². The first-order valence-corrected chi connectivity index (χ1v) is 11.3. The van der Waals surface area contributed by atoms with Gasteiger partial charge in [0, 0.05) is 46.3 Å². The quantitative estimate of drug-likeness (QED) is 0.181. The molecule has 38 heavy (non-hydrogen) atoms. The number of halogens is 3. The van der Waals surface area contributed by atoms with Crippen LogP contribution in [0.25, 0.3) is 11.6 Å². The summed E-state index contributed by atoms with van der Waals surface area (Å²) in [5.41, 5.74) is 4.78. The van der Waals surface area contributed by atoms with E-state index in [9.17, 15) is 22.8 Å². The Hall–Kier alpha value is -5.19. The summed E-state index contributed by atoms with van der Waals surface area (Å²) in [6.45, 7) is 0. The Kier molecular flexibility index (Phi) is 6.48. The smallest absolute Gasteiger partial charge is 0.406 e. The molecule has 0 radical (unpaired) electrons. The predicted molar refractivity (Wildman–Crippen MR) is 139 cm³/mol. The molecule has 0 unspecified atom stereocenters. The third kappa shape index (κ3) is 5.95. The van der Waals surface area contributed by atoms with Crippen LogP contribution in [0.4, 0.5) is 46.4 Å². The average molecular weight is 519 g/mol. The van der Waals surface area contributed by atoms with Crippen LogP contribution in [-0.4, -0.2) is 23.3 Å². The Morgan fingerprint density at radius 2 is 1.55 bits per heavy atom. The number of benzene rings is 3. The largest absolute Gasteiger partial charge is 0.573 e. The number of carbonyl (C=O) groups excluding carboxylic acids is 2. The van der Waals surface area contributed by atoms with Crippen LogP contribution in [0.3, 0.4) is 0 Å². The SMILES string of the molecule is O=C(Nc1cccc(Nc2ccc3c(c2)NC(=O)C3=Cc2ccc[nH]2)c1)Nc1cccc(OC(F)(F)F)c1. The Balaban J connectivity index is 1.24. The highest BCUT2D eigenvalue weighted by atomic mass is 19.4.